The van der Waals surface area contributed by atoms with E-state index in [1.165, 1.54) is 6.08 Å². The summed E-state index contributed by atoms with van der Waals surface area (Å²) in [5.74, 6) is 0. The van der Waals surface area contributed by atoms with Gasteiger partial charge in [0.15, 0.2) is 0 Å². The van der Waals surface area contributed by atoms with E-state index in [4.69, 9.17) is 0 Å². The molecule has 0 bridgehead atoms. The summed E-state index contributed by atoms with van der Waals surface area (Å²) in [4.78, 5) is 2.50. The summed E-state index contributed by atoms with van der Waals surface area (Å²) in [6, 6.07) is 21.1. The lowest BCUT2D eigenvalue weighted by Gasteiger charge is -2.20. The van der Waals surface area contributed by atoms with Crippen LogP contribution in [-0.2, 0) is 9.84 Å². The largest absolute Gasteiger partial charge is 0.384 e. The van der Waals surface area contributed by atoms with Gasteiger partial charge in [-0.1, -0.05) is 35.9 Å². The molecule has 144 valence electrons. The Labute approximate surface area is 166 Å². The van der Waals surface area contributed by atoms with Crippen LogP contribution in [0.15, 0.2) is 95.2 Å². The number of aliphatic hydroxyl groups excluding tert-OH is 1. The summed E-state index contributed by atoms with van der Waals surface area (Å²) >= 11 is 0. The van der Waals surface area contributed by atoms with E-state index in [1.807, 2.05) is 43.1 Å². The molecule has 0 heterocycles. The van der Waals surface area contributed by atoms with Gasteiger partial charge >= 0.3 is 0 Å². The zero-order valence-corrected chi connectivity index (χ0v) is 16.7. The minimum Gasteiger partial charge on any atom is -0.384 e. The average molecular weight is 394 g/mol. The lowest BCUT2D eigenvalue weighted by atomic mass is 10.1. The van der Waals surface area contributed by atoms with Crippen molar-refractivity contribution >= 4 is 21.2 Å². The first-order chi connectivity index (χ1) is 13.3. The quantitative estimate of drug-likeness (QED) is 0.610. The monoisotopic (exact) mass is 393 g/mol. The molecule has 5 heteroatoms. The average Bonchev–Trinajstić information content (AvgIpc) is 2.73. The Balaban J connectivity index is 1.83. The number of sulfone groups is 1. The topological polar surface area (TPSA) is 57.6 Å². The van der Waals surface area contributed by atoms with E-state index < -0.39 is 15.9 Å². The van der Waals surface area contributed by atoms with Gasteiger partial charge in [0.25, 0.3) is 0 Å². The molecule has 0 saturated heterocycles. The number of aliphatic hydroxyl groups is 1. The third-order valence-corrected chi connectivity index (χ3v) is 6.50. The van der Waals surface area contributed by atoms with Crippen LogP contribution in [0.4, 0.5) is 11.4 Å². The van der Waals surface area contributed by atoms with Crippen molar-refractivity contribution in [3.05, 3.63) is 96.6 Å². The summed E-state index contributed by atoms with van der Waals surface area (Å²) < 4.78 is 25.6. The lowest BCUT2D eigenvalue weighted by Crippen LogP contribution is -2.10. The van der Waals surface area contributed by atoms with E-state index >= 15 is 0 Å². The third kappa shape index (κ3) is 4.01. The summed E-state index contributed by atoms with van der Waals surface area (Å²) in [5.41, 5.74) is 3.57. The number of nitrogens with zero attached hydrogens (tertiary/aromatic N) is 1. The van der Waals surface area contributed by atoms with Crippen LogP contribution in [0.2, 0.25) is 0 Å². The number of rotatable bonds is 6. The van der Waals surface area contributed by atoms with Crippen LogP contribution >= 0.6 is 0 Å². The molecule has 0 spiro atoms. The molecule has 1 N–H and O–H groups in total. The molecule has 3 aromatic carbocycles. The second-order valence-corrected chi connectivity index (χ2v) is 8.59. The number of anilines is 2. The summed E-state index contributed by atoms with van der Waals surface area (Å²) in [6.07, 6.45) is 0.789. The summed E-state index contributed by atoms with van der Waals surface area (Å²) in [7, 11) is -1.63. The third-order valence-electron chi connectivity index (χ3n) is 4.71. The van der Waals surface area contributed by atoms with Crippen LogP contribution in [0, 0.1) is 6.92 Å². The zero-order valence-electron chi connectivity index (χ0n) is 15.9. The van der Waals surface area contributed by atoms with Crippen molar-refractivity contribution in [2.24, 2.45) is 0 Å². The maximum Gasteiger partial charge on any atom is 0.206 e. The Bertz CT molecular complexity index is 1050. The molecule has 0 aliphatic carbocycles. The van der Waals surface area contributed by atoms with E-state index in [0.29, 0.717) is 0 Å². The molecule has 1 atom stereocenters. The first-order valence-corrected chi connectivity index (χ1v) is 10.4. The van der Waals surface area contributed by atoms with Gasteiger partial charge in [0.1, 0.15) is 0 Å². The maximum absolute atomic E-state index is 12.8. The normalized spacial score (nSPS) is 12.4. The van der Waals surface area contributed by atoms with Crippen LogP contribution < -0.4 is 4.90 Å². The number of hydrogen-bond acceptors (Lipinski definition) is 4. The fraction of sp³-hybridized carbons (Fsp3) is 0.130. The number of benzene rings is 3. The molecule has 0 fully saturated rings. The molecule has 0 saturated carbocycles. The Morgan fingerprint density at radius 3 is 1.75 bits per heavy atom. The van der Waals surface area contributed by atoms with Gasteiger partial charge in [0.2, 0.25) is 9.84 Å². The van der Waals surface area contributed by atoms with Crippen molar-refractivity contribution in [1.29, 1.82) is 0 Å². The molecule has 3 rings (SSSR count). The Kier molecular flexibility index (Phi) is 5.68. The molecular formula is C23H23NO3S. The Morgan fingerprint density at radius 2 is 1.29 bits per heavy atom. The van der Waals surface area contributed by atoms with E-state index in [2.05, 4.69) is 6.58 Å². The van der Waals surface area contributed by atoms with Gasteiger partial charge in [-0.2, -0.15) is 0 Å². The fourth-order valence-electron chi connectivity index (χ4n) is 2.88. The minimum atomic E-state index is -3.54. The predicted molar refractivity (Wildman–Crippen MR) is 113 cm³/mol. The van der Waals surface area contributed by atoms with Gasteiger partial charge in [-0.15, -0.1) is 6.58 Å². The number of aryl methyl sites for hydroxylation is 1. The smallest absolute Gasteiger partial charge is 0.206 e. The standard InChI is InChI=1S/C23H23NO3S/c1-4-23(25)18-7-9-19(10-8-18)24(3)20-11-15-22(16-12-20)28(26,27)21-13-5-17(2)6-14-21/h4-16,23,25H,1H2,2-3H3. The predicted octanol–water partition coefficient (Wildman–Crippen LogP) is 4.82. The van der Waals surface area contributed by atoms with Crippen molar-refractivity contribution in [3.8, 4) is 0 Å². The molecular weight excluding hydrogens is 370 g/mol. The highest BCUT2D eigenvalue weighted by Gasteiger charge is 2.17. The van der Waals surface area contributed by atoms with E-state index in [-0.39, 0.29) is 9.79 Å². The van der Waals surface area contributed by atoms with Crippen LogP contribution in [0.1, 0.15) is 17.2 Å². The van der Waals surface area contributed by atoms with E-state index in [1.54, 1.807) is 48.5 Å². The van der Waals surface area contributed by atoms with Crippen molar-refractivity contribution < 1.29 is 13.5 Å². The molecule has 0 aromatic heterocycles. The van der Waals surface area contributed by atoms with E-state index in [9.17, 15) is 13.5 Å². The van der Waals surface area contributed by atoms with Crippen LogP contribution in [-0.4, -0.2) is 20.6 Å². The maximum atomic E-state index is 12.8. The molecule has 1 unspecified atom stereocenters. The molecule has 0 amide bonds. The Hall–Kier alpha value is -2.89. The zero-order chi connectivity index (χ0) is 20.3. The lowest BCUT2D eigenvalue weighted by molar-refractivity contribution is 0.229. The van der Waals surface area contributed by atoms with Gasteiger partial charge in [-0.25, -0.2) is 8.42 Å². The number of hydrogen-bond donors (Lipinski definition) is 1. The second kappa shape index (κ2) is 8.00. The SMILES string of the molecule is C=CC(O)c1ccc(N(C)c2ccc(S(=O)(=O)c3ccc(C)cc3)cc2)cc1. The van der Waals surface area contributed by atoms with Crippen molar-refractivity contribution in [1.82, 2.24) is 0 Å². The van der Waals surface area contributed by atoms with E-state index in [0.717, 1.165) is 22.5 Å². The first-order valence-electron chi connectivity index (χ1n) is 8.89. The minimum absolute atomic E-state index is 0.262. The van der Waals surface area contributed by atoms with Crippen molar-refractivity contribution in [3.63, 3.8) is 0 Å². The molecule has 0 aliphatic rings. The van der Waals surface area contributed by atoms with Crippen molar-refractivity contribution in [2.45, 2.75) is 22.8 Å². The van der Waals surface area contributed by atoms with Gasteiger partial charge in [0.05, 0.1) is 15.9 Å². The molecule has 4 nitrogen and oxygen atoms in total. The van der Waals surface area contributed by atoms with Gasteiger partial charge in [-0.05, 0) is 61.0 Å². The second-order valence-electron chi connectivity index (χ2n) is 6.64. The fourth-order valence-corrected chi connectivity index (χ4v) is 4.14. The summed E-state index contributed by atoms with van der Waals surface area (Å²) in [5, 5.41) is 9.80. The molecule has 3 aromatic rings. The van der Waals surface area contributed by atoms with Gasteiger partial charge < -0.3 is 10.0 Å². The van der Waals surface area contributed by atoms with Crippen LogP contribution in [0.5, 0.6) is 0 Å². The van der Waals surface area contributed by atoms with Crippen molar-refractivity contribution in [2.75, 3.05) is 11.9 Å². The Morgan fingerprint density at radius 1 is 0.857 bits per heavy atom. The highest BCUT2D eigenvalue weighted by molar-refractivity contribution is 7.91. The highest BCUT2D eigenvalue weighted by atomic mass is 32.2. The van der Waals surface area contributed by atoms with Crippen LogP contribution in [0.3, 0.4) is 0 Å². The molecule has 0 aliphatic heterocycles. The molecule has 0 radical (unpaired) electrons. The highest BCUT2D eigenvalue weighted by Crippen LogP contribution is 2.28. The summed E-state index contributed by atoms with van der Waals surface area (Å²) in [6.45, 7) is 5.51. The van der Waals surface area contributed by atoms with Gasteiger partial charge in [0, 0.05) is 18.4 Å². The van der Waals surface area contributed by atoms with Crippen LogP contribution in [0.25, 0.3) is 0 Å². The van der Waals surface area contributed by atoms with Gasteiger partial charge in [-0.3, -0.25) is 0 Å². The first kappa shape index (κ1) is 19.9. The molecule has 28 heavy (non-hydrogen) atoms.